The zero-order chi connectivity index (χ0) is 14.1. The standard InChI is InChI=1S/C16H18N2O2/c1-11(18-10-4-7-15(18)16(19)20)13-9-8-12-5-2-3-6-14(12)17-13/h2-3,5-6,8-9,11,15H,4,7,10H2,1H3,(H,19,20). The van der Waals surface area contributed by atoms with Gasteiger partial charge in [-0.2, -0.15) is 0 Å². The van der Waals surface area contributed by atoms with E-state index in [0.29, 0.717) is 0 Å². The molecule has 0 radical (unpaired) electrons. The van der Waals surface area contributed by atoms with Gasteiger partial charge in [0.1, 0.15) is 6.04 Å². The molecule has 1 aliphatic rings. The molecule has 1 fully saturated rings. The van der Waals surface area contributed by atoms with Gasteiger partial charge in [0, 0.05) is 5.39 Å². The number of carboxylic acid groups (broad SMARTS) is 1. The number of aliphatic carboxylic acids is 1. The normalized spacial score (nSPS) is 21.1. The van der Waals surface area contributed by atoms with Gasteiger partial charge in [-0.3, -0.25) is 14.7 Å². The van der Waals surface area contributed by atoms with Crippen molar-refractivity contribution in [1.29, 1.82) is 0 Å². The van der Waals surface area contributed by atoms with Crippen LogP contribution in [0.4, 0.5) is 0 Å². The molecule has 4 nitrogen and oxygen atoms in total. The minimum Gasteiger partial charge on any atom is -0.480 e. The fraction of sp³-hybridized carbons (Fsp3) is 0.375. The van der Waals surface area contributed by atoms with E-state index in [9.17, 15) is 9.90 Å². The smallest absolute Gasteiger partial charge is 0.320 e. The Kier molecular flexibility index (Phi) is 3.40. The summed E-state index contributed by atoms with van der Waals surface area (Å²) in [4.78, 5) is 18.0. The lowest BCUT2D eigenvalue weighted by Gasteiger charge is -2.27. The molecule has 1 N–H and O–H groups in total. The Morgan fingerprint density at radius 1 is 1.35 bits per heavy atom. The summed E-state index contributed by atoms with van der Waals surface area (Å²) in [6, 6.07) is 11.7. The van der Waals surface area contributed by atoms with Crippen LogP contribution in [0.25, 0.3) is 10.9 Å². The first-order valence-corrected chi connectivity index (χ1v) is 7.01. The van der Waals surface area contributed by atoms with E-state index in [0.717, 1.165) is 36.0 Å². The Morgan fingerprint density at radius 3 is 2.95 bits per heavy atom. The number of para-hydroxylation sites is 1. The van der Waals surface area contributed by atoms with Crippen molar-refractivity contribution in [2.24, 2.45) is 0 Å². The summed E-state index contributed by atoms with van der Waals surface area (Å²) in [7, 11) is 0. The number of benzene rings is 1. The number of likely N-dealkylation sites (tertiary alicyclic amines) is 1. The molecular formula is C16H18N2O2. The number of hydrogen-bond donors (Lipinski definition) is 1. The molecule has 3 rings (SSSR count). The van der Waals surface area contributed by atoms with Crippen molar-refractivity contribution >= 4 is 16.9 Å². The third kappa shape index (κ3) is 2.27. The quantitative estimate of drug-likeness (QED) is 0.931. The van der Waals surface area contributed by atoms with Gasteiger partial charge in [0.05, 0.1) is 17.3 Å². The van der Waals surface area contributed by atoms with E-state index in [1.54, 1.807) is 0 Å². The Labute approximate surface area is 118 Å². The minimum atomic E-state index is -0.727. The molecule has 0 spiro atoms. The van der Waals surface area contributed by atoms with Crippen molar-refractivity contribution in [2.75, 3.05) is 6.54 Å². The molecule has 2 atom stereocenters. The van der Waals surface area contributed by atoms with Crippen LogP contribution in [0.3, 0.4) is 0 Å². The molecule has 2 heterocycles. The lowest BCUT2D eigenvalue weighted by molar-refractivity contribution is -0.142. The zero-order valence-electron chi connectivity index (χ0n) is 11.5. The van der Waals surface area contributed by atoms with Crippen LogP contribution in [0.15, 0.2) is 36.4 Å². The monoisotopic (exact) mass is 270 g/mol. The van der Waals surface area contributed by atoms with Crippen LogP contribution in [-0.4, -0.2) is 33.5 Å². The summed E-state index contributed by atoms with van der Waals surface area (Å²) in [5.74, 6) is -0.727. The number of aromatic nitrogens is 1. The fourth-order valence-electron chi connectivity index (χ4n) is 3.00. The van der Waals surface area contributed by atoms with Gasteiger partial charge in [-0.15, -0.1) is 0 Å². The lowest BCUT2D eigenvalue weighted by atomic mass is 10.1. The number of nitrogens with zero attached hydrogens (tertiary/aromatic N) is 2. The molecule has 0 bridgehead atoms. The van der Waals surface area contributed by atoms with Crippen LogP contribution >= 0.6 is 0 Å². The van der Waals surface area contributed by atoms with Crippen molar-refractivity contribution in [3.63, 3.8) is 0 Å². The van der Waals surface area contributed by atoms with Crippen LogP contribution in [0.5, 0.6) is 0 Å². The maximum absolute atomic E-state index is 11.3. The third-order valence-corrected chi connectivity index (χ3v) is 4.12. The van der Waals surface area contributed by atoms with Gasteiger partial charge in [0.15, 0.2) is 0 Å². The molecule has 1 saturated heterocycles. The van der Waals surface area contributed by atoms with Gasteiger partial charge in [0.25, 0.3) is 0 Å². The highest BCUT2D eigenvalue weighted by Crippen LogP contribution is 2.29. The summed E-state index contributed by atoms with van der Waals surface area (Å²) in [6.45, 7) is 2.87. The zero-order valence-corrected chi connectivity index (χ0v) is 11.5. The predicted molar refractivity (Wildman–Crippen MR) is 77.5 cm³/mol. The number of carbonyl (C=O) groups is 1. The number of rotatable bonds is 3. The second kappa shape index (κ2) is 5.21. The molecule has 1 aromatic heterocycles. The van der Waals surface area contributed by atoms with Gasteiger partial charge in [-0.05, 0) is 38.4 Å². The fourth-order valence-corrected chi connectivity index (χ4v) is 3.00. The summed E-state index contributed by atoms with van der Waals surface area (Å²) in [6.07, 6.45) is 1.67. The highest BCUT2D eigenvalue weighted by atomic mass is 16.4. The molecule has 0 saturated carbocycles. The molecule has 2 aromatic rings. The summed E-state index contributed by atoms with van der Waals surface area (Å²) in [5, 5.41) is 10.4. The van der Waals surface area contributed by atoms with Crippen LogP contribution < -0.4 is 0 Å². The van der Waals surface area contributed by atoms with E-state index in [1.165, 1.54) is 0 Å². The molecule has 1 aromatic carbocycles. The molecule has 2 unspecified atom stereocenters. The van der Waals surface area contributed by atoms with E-state index in [4.69, 9.17) is 0 Å². The highest BCUT2D eigenvalue weighted by Gasteiger charge is 2.34. The first-order valence-electron chi connectivity index (χ1n) is 7.01. The lowest BCUT2D eigenvalue weighted by Crippen LogP contribution is -2.37. The van der Waals surface area contributed by atoms with Crippen LogP contribution in [-0.2, 0) is 4.79 Å². The first-order chi connectivity index (χ1) is 9.66. The average Bonchev–Trinajstić information content (AvgIpc) is 2.95. The maximum Gasteiger partial charge on any atom is 0.320 e. The SMILES string of the molecule is CC(c1ccc2ccccc2n1)N1CCCC1C(=O)O. The van der Waals surface area contributed by atoms with E-state index in [-0.39, 0.29) is 12.1 Å². The second-order valence-electron chi connectivity index (χ2n) is 5.34. The molecule has 0 amide bonds. The van der Waals surface area contributed by atoms with Crippen LogP contribution in [0.1, 0.15) is 31.5 Å². The van der Waals surface area contributed by atoms with Crippen molar-refractivity contribution in [2.45, 2.75) is 31.8 Å². The number of pyridine rings is 1. The second-order valence-corrected chi connectivity index (χ2v) is 5.34. The Balaban J connectivity index is 1.91. The Morgan fingerprint density at radius 2 is 2.15 bits per heavy atom. The molecule has 104 valence electrons. The number of fused-ring (bicyclic) bond motifs is 1. The summed E-state index contributed by atoms with van der Waals surface area (Å²) in [5.41, 5.74) is 1.90. The number of carboxylic acids is 1. The van der Waals surface area contributed by atoms with Crippen molar-refractivity contribution in [1.82, 2.24) is 9.88 Å². The molecule has 20 heavy (non-hydrogen) atoms. The minimum absolute atomic E-state index is 0.0307. The van der Waals surface area contributed by atoms with Crippen molar-refractivity contribution in [3.8, 4) is 0 Å². The van der Waals surface area contributed by atoms with E-state index in [2.05, 4.69) is 11.1 Å². The van der Waals surface area contributed by atoms with Gasteiger partial charge in [0.2, 0.25) is 0 Å². The predicted octanol–water partition coefficient (Wildman–Crippen LogP) is 2.84. The van der Waals surface area contributed by atoms with Crippen LogP contribution in [0.2, 0.25) is 0 Å². The van der Waals surface area contributed by atoms with E-state index < -0.39 is 5.97 Å². The molecular weight excluding hydrogens is 252 g/mol. The van der Waals surface area contributed by atoms with Gasteiger partial charge in [-0.1, -0.05) is 24.3 Å². The molecule has 4 heteroatoms. The Bertz CT molecular complexity index is 641. The van der Waals surface area contributed by atoms with Gasteiger partial charge >= 0.3 is 5.97 Å². The topological polar surface area (TPSA) is 53.4 Å². The summed E-state index contributed by atoms with van der Waals surface area (Å²) < 4.78 is 0. The van der Waals surface area contributed by atoms with E-state index >= 15 is 0 Å². The average molecular weight is 270 g/mol. The molecule has 0 aliphatic carbocycles. The van der Waals surface area contributed by atoms with Crippen molar-refractivity contribution in [3.05, 3.63) is 42.1 Å². The van der Waals surface area contributed by atoms with Gasteiger partial charge < -0.3 is 5.11 Å². The van der Waals surface area contributed by atoms with Crippen LogP contribution in [0, 0.1) is 0 Å². The van der Waals surface area contributed by atoms with Crippen molar-refractivity contribution < 1.29 is 9.90 Å². The highest BCUT2D eigenvalue weighted by molar-refractivity contribution is 5.78. The molecule has 1 aliphatic heterocycles. The third-order valence-electron chi connectivity index (χ3n) is 4.12. The summed E-state index contributed by atoms with van der Waals surface area (Å²) >= 11 is 0. The Hall–Kier alpha value is -1.94. The van der Waals surface area contributed by atoms with E-state index in [1.807, 2.05) is 42.2 Å². The van der Waals surface area contributed by atoms with Gasteiger partial charge in [-0.25, -0.2) is 0 Å². The largest absolute Gasteiger partial charge is 0.480 e. The number of hydrogen-bond acceptors (Lipinski definition) is 3. The first kappa shape index (κ1) is 13.1. The maximum atomic E-state index is 11.3.